The van der Waals surface area contributed by atoms with Crippen LogP contribution < -0.4 is 0 Å². The molecule has 1 heteroatoms. The van der Waals surface area contributed by atoms with Crippen LogP contribution >= 0.6 is 0 Å². The molecule has 0 nitrogen and oxygen atoms in total. The Balaban J connectivity index is 2.19. The molecule has 0 saturated heterocycles. The van der Waals surface area contributed by atoms with Gasteiger partial charge in [-0.1, -0.05) is 0 Å². The molecule has 2 radical (unpaired) electrons. The van der Waals surface area contributed by atoms with Crippen molar-refractivity contribution in [1.29, 1.82) is 0 Å². The molecule has 0 bridgehead atoms. The molecular weight excluding hydrogens is 167 g/mol. The van der Waals surface area contributed by atoms with Gasteiger partial charge in [0.05, 0.1) is 0 Å². The first-order valence-corrected chi connectivity index (χ1v) is 6.93. The summed E-state index contributed by atoms with van der Waals surface area (Å²) in [7, 11) is 0. The summed E-state index contributed by atoms with van der Waals surface area (Å²) in [6.07, 6.45) is 1.42. The number of hydrogen-bond acceptors (Lipinski definition) is 0. The molecule has 0 fully saturated rings. The van der Waals surface area contributed by atoms with Crippen LogP contribution in [0.2, 0.25) is 9.38 Å². The topological polar surface area (TPSA) is 0 Å². The van der Waals surface area contributed by atoms with Crippen LogP contribution in [0.3, 0.4) is 0 Å². The van der Waals surface area contributed by atoms with Crippen LogP contribution in [0.15, 0.2) is 0 Å². The van der Waals surface area contributed by atoms with Crippen LogP contribution in [0, 0.1) is 0 Å². The standard InChI is InChI=1S/C3H7.CH3.Sn/c1-3-2;;/h1,3H2,2H3;1H3;. The first kappa shape index (κ1) is 5.80. The van der Waals surface area contributed by atoms with E-state index < -0.39 is 0 Å². The van der Waals surface area contributed by atoms with Gasteiger partial charge in [-0.15, -0.1) is 0 Å². The summed E-state index contributed by atoms with van der Waals surface area (Å²) in [6, 6.07) is 0. The molecule has 0 N–H and O–H groups in total. The van der Waals surface area contributed by atoms with E-state index in [0.29, 0.717) is 0 Å². The number of rotatable bonds is 2. The van der Waals surface area contributed by atoms with E-state index in [-0.39, 0.29) is 21.1 Å². The summed E-state index contributed by atoms with van der Waals surface area (Å²) in [5.74, 6) is 0. The minimum atomic E-state index is 0.206. The third-order valence-corrected chi connectivity index (χ3v) is 3.35. The van der Waals surface area contributed by atoms with E-state index in [1.807, 2.05) is 0 Å². The van der Waals surface area contributed by atoms with Crippen LogP contribution in [0.1, 0.15) is 13.3 Å². The Bertz CT molecular complexity index is 11.1. The minimum absolute atomic E-state index is 0.206. The quantitative estimate of drug-likeness (QED) is 0.561. The Kier molecular flexibility index (Phi) is 5.57. The van der Waals surface area contributed by atoms with Crippen molar-refractivity contribution in [2.24, 2.45) is 0 Å². The maximum atomic E-state index is 2.38. The van der Waals surface area contributed by atoms with Crippen molar-refractivity contribution >= 4 is 21.1 Å². The summed E-state index contributed by atoms with van der Waals surface area (Å²) in [5, 5.41) is 0. The van der Waals surface area contributed by atoms with Gasteiger partial charge in [0.25, 0.3) is 0 Å². The fourth-order valence-electron chi connectivity index (χ4n) is 0.250. The van der Waals surface area contributed by atoms with Gasteiger partial charge in [-0.25, -0.2) is 0 Å². The Morgan fingerprint density at radius 2 is 2.20 bits per heavy atom. The molecule has 0 heterocycles. The second-order valence-corrected chi connectivity index (χ2v) is 4.55. The fraction of sp³-hybridized carbons (Fsp3) is 1.00. The number of hydrogen-bond donors (Lipinski definition) is 0. The van der Waals surface area contributed by atoms with Gasteiger partial charge in [0.15, 0.2) is 0 Å². The molecule has 0 amide bonds. The molecule has 0 saturated carbocycles. The van der Waals surface area contributed by atoms with Crippen LogP contribution in [0.5, 0.6) is 0 Å². The van der Waals surface area contributed by atoms with Crippen LogP contribution in [-0.2, 0) is 0 Å². The maximum absolute atomic E-state index is 2.38. The van der Waals surface area contributed by atoms with Gasteiger partial charge in [0.2, 0.25) is 0 Å². The monoisotopic (exact) mass is 178 g/mol. The van der Waals surface area contributed by atoms with Gasteiger partial charge in [0, 0.05) is 0 Å². The van der Waals surface area contributed by atoms with Crippen LogP contribution in [0.25, 0.3) is 0 Å². The summed E-state index contributed by atoms with van der Waals surface area (Å²) in [6.45, 7) is 2.25. The molecule has 5 heavy (non-hydrogen) atoms. The second kappa shape index (κ2) is 4.80. The summed E-state index contributed by atoms with van der Waals surface area (Å²) in [5.41, 5.74) is 0. The van der Waals surface area contributed by atoms with E-state index in [1.165, 1.54) is 6.42 Å². The van der Waals surface area contributed by atoms with E-state index in [9.17, 15) is 0 Å². The zero-order valence-electron chi connectivity index (χ0n) is 3.91. The van der Waals surface area contributed by atoms with Gasteiger partial charge in [-0.05, 0) is 0 Å². The molecule has 0 unspecified atom stereocenters. The van der Waals surface area contributed by atoms with Crippen molar-refractivity contribution in [3.05, 3.63) is 0 Å². The zero-order chi connectivity index (χ0) is 4.12. The second-order valence-electron chi connectivity index (χ2n) is 1.10. The molecule has 0 atom stereocenters. The molecule has 0 aromatic heterocycles. The molecule has 0 aromatic carbocycles. The molecule has 0 spiro atoms. The third-order valence-electron chi connectivity index (χ3n) is 0.500. The first-order chi connectivity index (χ1) is 2.41. The SMILES string of the molecule is CC[CH2][Sn][CH3]. The van der Waals surface area contributed by atoms with Crippen molar-refractivity contribution in [3.63, 3.8) is 0 Å². The van der Waals surface area contributed by atoms with Gasteiger partial charge in [-0.3, -0.25) is 0 Å². The predicted octanol–water partition coefficient (Wildman–Crippen LogP) is 1.57. The zero-order valence-corrected chi connectivity index (χ0v) is 6.77. The Labute approximate surface area is 44.2 Å². The van der Waals surface area contributed by atoms with E-state index >= 15 is 0 Å². The van der Waals surface area contributed by atoms with E-state index in [4.69, 9.17) is 0 Å². The van der Waals surface area contributed by atoms with Gasteiger partial charge in [0.1, 0.15) is 0 Å². The van der Waals surface area contributed by atoms with Gasteiger partial charge >= 0.3 is 43.9 Å². The van der Waals surface area contributed by atoms with Gasteiger partial charge in [-0.2, -0.15) is 0 Å². The van der Waals surface area contributed by atoms with E-state index in [0.717, 1.165) is 0 Å². The summed E-state index contributed by atoms with van der Waals surface area (Å²) >= 11 is 0.206. The predicted molar refractivity (Wildman–Crippen MR) is 26.7 cm³/mol. The third kappa shape index (κ3) is 4.80. The Hall–Kier alpha value is 0.799. The average molecular weight is 177 g/mol. The molecule has 0 rings (SSSR count). The van der Waals surface area contributed by atoms with Crippen molar-refractivity contribution in [1.82, 2.24) is 0 Å². The molecule has 30 valence electrons. The fourth-order valence-corrected chi connectivity index (χ4v) is 1.68. The summed E-state index contributed by atoms with van der Waals surface area (Å²) in [4.78, 5) is 2.38. The first-order valence-electron chi connectivity index (χ1n) is 2.06. The molecule has 0 aliphatic rings. The van der Waals surface area contributed by atoms with Gasteiger partial charge < -0.3 is 0 Å². The van der Waals surface area contributed by atoms with Crippen molar-refractivity contribution in [2.45, 2.75) is 22.7 Å². The normalized spacial score (nSPS) is 8.40. The molecule has 0 aliphatic heterocycles. The van der Waals surface area contributed by atoms with Crippen LogP contribution in [-0.4, -0.2) is 21.1 Å². The van der Waals surface area contributed by atoms with E-state index in [1.54, 1.807) is 4.44 Å². The Morgan fingerprint density at radius 1 is 1.60 bits per heavy atom. The van der Waals surface area contributed by atoms with Crippen molar-refractivity contribution < 1.29 is 0 Å². The van der Waals surface area contributed by atoms with Crippen molar-refractivity contribution in [3.8, 4) is 0 Å². The Morgan fingerprint density at radius 3 is 2.20 bits per heavy atom. The molecular formula is C4H10Sn. The van der Waals surface area contributed by atoms with E-state index in [2.05, 4.69) is 11.9 Å². The van der Waals surface area contributed by atoms with Crippen LogP contribution in [0.4, 0.5) is 0 Å². The van der Waals surface area contributed by atoms with Crippen molar-refractivity contribution in [2.75, 3.05) is 0 Å². The molecule has 0 aromatic rings. The average Bonchev–Trinajstić information content (AvgIpc) is 1.41. The molecule has 0 aliphatic carbocycles. The summed E-state index contributed by atoms with van der Waals surface area (Å²) < 4.78 is 1.56.